The Kier molecular flexibility index (Phi) is 3.81. The molecule has 0 atom stereocenters. The first kappa shape index (κ1) is 11.1. The Labute approximate surface area is 99.6 Å². The number of hydrogen-bond acceptors (Lipinski definition) is 2. The molecule has 15 heavy (non-hydrogen) atoms. The number of rotatable bonds is 3. The van der Waals surface area contributed by atoms with E-state index in [2.05, 4.69) is 33.0 Å². The zero-order valence-electron chi connectivity index (χ0n) is 9.19. The molecule has 1 heterocycles. The van der Waals surface area contributed by atoms with Crippen molar-refractivity contribution in [2.45, 2.75) is 44.8 Å². The predicted octanol–water partition coefficient (Wildman–Crippen LogP) is 2.87. The zero-order valence-corrected chi connectivity index (χ0v) is 10.8. The molecule has 0 unspecified atom stereocenters. The molecule has 1 aromatic rings. The third kappa shape index (κ3) is 3.05. The molecule has 0 aromatic carbocycles. The number of hydrogen-bond donors (Lipinski definition) is 0. The van der Waals surface area contributed by atoms with E-state index < -0.39 is 0 Å². The van der Waals surface area contributed by atoms with Gasteiger partial charge in [0.05, 0.1) is 17.3 Å². The van der Waals surface area contributed by atoms with Gasteiger partial charge in [-0.05, 0) is 35.8 Å². The Bertz CT molecular complexity index is 305. The summed E-state index contributed by atoms with van der Waals surface area (Å²) in [6.07, 6.45) is 10.7. The van der Waals surface area contributed by atoms with Gasteiger partial charge >= 0.3 is 0 Å². The van der Waals surface area contributed by atoms with Crippen molar-refractivity contribution in [1.82, 2.24) is 14.7 Å². The van der Waals surface area contributed by atoms with Crippen LogP contribution in [0.1, 0.15) is 32.1 Å². The third-order valence-electron chi connectivity index (χ3n) is 3.17. The third-order valence-corrected chi connectivity index (χ3v) is 3.58. The zero-order chi connectivity index (χ0) is 10.7. The van der Waals surface area contributed by atoms with Crippen molar-refractivity contribution in [1.29, 1.82) is 0 Å². The van der Waals surface area contributed by atoms with Gasteiger partial charge in [0, 0.05) is 12.2 Å². The van der Waals surface area contributed by atoms with Gasteiger partial charge in [0.2, 0.25) is 0 Å². The van der Waals surface area contributed by atoms with E-state index in [0.29, 0.717) is 0 Å². The summed E-state index contributed by atoms with van der Waals surface area (Å²) in [5.74, 6) is 0. The van der Waals surface area contributed by atoms with Crippen LogP contribution in [0.5, 0.6) is 0 Å². The van der Waals surface area contributed by atoms with Gasteiger partial charge in [0.15, 0.2) is 0 Å². The fourth-order valence-corrected chi connectivity index (χ4v) is 2.61. The van der Waals surface area contributed by atoms with E-state index >= 15 is 0 Å². The minimum absolute atomic E-state index is 0.752. The van der Waals surface area contributed by atoms with Crippen molar-refractivity contribution in [2.24, 2.45) is 0 Å². The average molecular weight is 272 g/mol. The Morgan fingerprint density at radius 3 is 2.80 bits per heavy atom. The summed E-state index contributed by atoms with van der Waals surface area (Å²) >= 11 is 3.42. The first-order chi connectivity index (χ1) is 7.25. The lowest BCUT2D eigenvalue weighted by atomic mass is 9.95. The fourth-order valence-electron chi connectivity index (χ4n) is 2.28. The van der Waals surface area contributed by atoms with Crippen molar-refractivity contribution in [2.75, 3.05) is 7.05 Å². The van der Waals surface area contributed by atoms with Crippen LogP contribution in [0, 0.1) is 0 Å². The maximum Gasteiger partial charge on any atom is 0.0929 e. The lowest BCUT2D eigenvalue weighted by Crippen LogP contribution is -2.34. The molecule has 0 radical (unpaired) electrons. The van der Waals surface area contributed by atoms with Gasteiger partial charge in [-0.1, -0.05) is 19.3 Å². The van der Waals surface area contributed by atoms with E-state index in [1.807, 2.05) is 17.1 Å². The molecule has 0 N–H and O–H groups in total. The molecular weight excluding hydrogens is 254 g/mol. The summed E-state index contributed by atoms with van der Waals surface area (Å²) < 4.78 is 3.04. The molecule has 1 fully saturated rings. The van der Waals surface area contributed by atoms with E-state index in [9.17, 15) is 0 Å². The highest BCUT2D eigenvalue weighted by molar-refractivity contribution is 9.10. The summed E-state index contributed by atoms with van der Waals surface area (Å²) in [5.41, 5.74) is 0. The smallest absolute Gasteiger partial charge is 0.0929 e. The van der Waals surface area contributed by atoms with Crippen LogP contribution in [0.15, 0.2) is 16.9 Å². The van der Waals surface area contributed by atoms with Gasteiger partial charge in [-0.15, -0.1) is 0 Å². The monoisotopic (exact) mass is 271 g/mol. The Hall–Kier alpha value is -0.350. The molecule has 0 amide bonds. The Balaban J connectivity index is 1.88. The molecule has 1 aliphatic carbocycles. The average Bonchev–Trinajstić information content (AvgIpc) is 2.65. The van der Waals surface area contributed by atoms with Gasteiger partial charge in [-0.3, -0.25) is 9.58 Å². The Morgan fingerprint density at radius 2 is 2.20 bits per heavy atom. The largest absolute Gasteiger partial charge is 0.285 e. The summed E-state index contributed by atoms with van der Waals surface area (Å²) in [6, 6.07) is 0.752. The van der Waals surface area contributed by atoms with E-state index in [4.69, 9.17) is 0 Å². The van der Waals surface area contributed by atoms with E-state index in [-0.39, 0.29) is 0 Å². The molecule has 2 rings (SSSR count). The molecule has 4 heteroatoms. The summed E-state index contributed by atoms with van der Waals surface area (Å²) in [4.78, 5) is 2.42. The van der Waals surface area contributed by atoms with Gasteiger partial charge in [0.1, 0.15) is 0 Å². The van der Waals surface area contributed by atoms with Crippen LogP contribution in [-0.2, 0) is 6.67 Å². The van der Waals surface area contributed by atoms with Crippen molar-refractivity contribution in [3.05, 3.63) is 16.9 Å². The summed E-state index contributed by atoms with van der Waals surface area (Å²) in [6.45, 7) is 0.899. The molecule has 1 aromatic heterocycles. The highest BCUT2D eigenvalue weighted by Gasteiger charge is 2.17. The molecule has 1 saturated carbocycles. The first-order valence-corrected chi connectivity index (χ1v) is 6.43. The van der Waals surface area contributed by atoms with Gasteiger partial charge in [-0.2, -0.15) is 5.10 Å². The van der Waals surface area contributed by atoms with Gasteiger partial charge in [-0.25, -0.2) is 0 Å². The number of halogens is 1. The lowest BCUT2D eigenvalue weighted by molar-refractivity contribution is 0.146. The molecular formula is C11H18BrN3. The normalized spacial score (nSPS) is 18.6. The van der Waals surface area contributed by atoms with E-state index in [1.54, 1.807) is 0 Å². The molecule has 3 nitrogen and oxygen atoms in total. The van der Waals surface area contributed by atoms with Crippen molar-refractivity contribution >= 4 is 15.9 Å². The Morgan fingerprint density at radius 1 is 1.47 bits per heavy atom. The quantitative estimate of drug-likeness (QED) is 0.843. The molecule has 0 saturated heterocycles. The highest BCUT2D eigenvalue weighted by Crippen LogP contribution is 2.21. The van der Waals surface area contributed by atoms with Crippen LogP contribution >= 0.6 is 15.9 Å². The van der Waals surface area contributed by atoms with Crippen LogP contribution in [0.25, 0.3) is 0 Å². The fraction of sp³-hybridized carbons (Fsp3) is 0.727. The molecule has 1 aliphatic rings. The standard InChI is InChI=1S/C11H18BrN3/c1-14(11-5-3-2-4-6-11)9-15-8-10(12)7-13-15/h7-8,11H,2-6,9H2,1H3. The second-order valence-corrected chi connectivity index (χ2v) is 5.30. The van der Waals surface area contributed by atoms with Crippen molar-refractivity contribution in [3.63, 3.8) is 0 Å². The molecule has 0 aliphatic heterocycles. The lowest BCUT2D eigenvalue weighted by Gasteiger charge is -2.30. The van der Waals surface area contributed by atoms with Crippen LogP contribution in [0.4, 0.5) is 0 Å². The predicted molar refractivity (Wildman–Crippen MR) is 64.6 cm³/mol. The van der Waals surface area contributed by atoms with Crippen LogP contribution in [0.2, 0.25) is 0 Å². The number of aromatic nitrogens is 2. The van der Waals surface area contributed by atoms with E-state index in [1.165, 1.54) is 32.1 Å². The topological polar surface area (TPSA) is 21.1 Å². The summed E-state index contributed by atoms with van der Waals surface area (Å²) in [7, 11) is 2.20. The first-order valence-electron chi connectivity index (χ1n) is 5.64. The van der Waals surface area contributed by atoms with Crippen LogP contribution in [0.3, 0.4) is 0 Å². The van der Waals surface area contributed by atoms with Gasteiger partial charge in [0.25, 0.3) is 0 Å². The second kappa shape index (κ2) is 5.12. The highest BCUT2D eigenvalue weighted by atomic mass is 79.9. The van der Waals surface area contributed by atoms with Crippen LogP contribution < -0.4 is 0 Å². The van der Waals surface area contributed by atoms with E-state index in [0.717, 1.165) is 17.2 Å². The second-order valence-electron chi connectivity index (χ2n) is 4.39. The van der Waals surface area contributed by atoms with Crippen molar-refractivity contribution < 1.29 is 0 Å². The minimum Gasteiger partial charge on any atom is -0.285 e. The number of nitrogens with zero attached hydrogens (tertiary/aromatic N) is 3. The maximum atomic E-state index is 4.28. The molecule has 0 spiro atoms. The van der Waals surface area contributed by atoms with Crippen LogP contribution in [-0.4, -0.2) is 27.8 Å². The minimum atomic E-state index is 0.752. The van der Waals surface area contributed by atoms with Gasteiger partial charge < -0.3 is 0 Å². The molecule has 84 valence electrons. The van der Waals surface area contributed by atoms with Crippen molar-refractivity contribution in [3.8, 4) is 0 Å². The maximum absolute atomic E-state index is 4.28. The SMILES string of the molecule is CN(Cn1cc(Br)cn1)C1CCCCC1. The summed E-state index contributed by atoms with van der Waals surface area (Å²) in [5, 5.41) is 4.28. The molecule has 0 bridgehead atoms.